The van der Waals surface area contributed by atoms with E-state index in [0.29, 0.717) is 13.1 Å². The van der Waals surface area contributed by atoms with Crippen molar-refractivity contribution < 1.29 is 17.6 Å². The number of sulfonamides is 1. The molecule has 1 fully saturated rings. The SMILES string of the molecule is CC(C)C(NS(=O)(=O)c1ccccc1F)C(=O)N1CC(CN)CC1C. The van der Waals surface area contributed by atoms with Crippen molar-refractivity contribution >= 4 is 15.9 Å². The largest absolute Gasteiger partial charge is 0.338 e. The minimum absolute atomic E-state index is 0.000246. The number of nitrogens with one attached hydrogen (secondary N) is 1. The molecule has 3 unspecified atom stereocenters. The third kappa shape index (κ3) is 4.37. The van der Waals surface area contributed by atoms with Crippen LogP contribution in [0.2, 0.25) is 0 Å². The van der Waals surface area contributed by atoms with Crippen molar-refractivity contribution in [3.63, 3.8) is 0 Å². The van der Waals surface area contributed by atoms with Crippen LogP contribution < -0.4 is 10.5 Å². The van der Waals surface area contributed by atoms with E-state index in [1.807, 2.05) is 6.92 Å². The van der Waals surface area contributed by atoms with E-state index in [9.17, 15) is 17.6 Å². The molecule has 3 N–H and O–H groups in total. The highest BCUT2D eigenvalue weighted by atomic mass is 32.2. The highest BCUT2D eigenvalue weighted by Crippen LogP contribution is 2.25. The summed E-state index contributed by atoms with van der Waals surface area (Å²) < 4.78 is 41.4. The summed E-state index contributed by atoms with van der Waals surface area (Å²) in [7, 11) is -4.14. The third-order valence-electron chi connectivity index (χ3n) is 4.62. The van der Waals surface area contributed by atoms with Gasteiger partial charge in [-0.05, 0) is 43.9 Å². The predicted molar refractivity (Wildman–Crippen MR) is 93.7 cm³/mol. The van der Waals surface area contributed by atoms with Gasteiger partial charge in [0.2, 0.25) is 15.9 Å². The topological polar surface area (TPSA) is 92.5 Å². The van der Waals surface area contributed by atoms with Gasteiger partial charge >= 0.3 is 0 Å². The first-order valence-electron chi connectivity index (χ1n) is 8.44. The number of benzene rings is 1. The Hall–Kier alpha value is -1.51. The molecule has 1 saturated heterocycles. The summed E-state index contributed by atoms with van der Waals surface area (Å²) in [6.45, 7) is 6.44. The number of hydrogen-bond donors (Lipinski definition) is 2. The third-order valence-corrected chi connectivity index (χ3v) is 6.09. The summed E-state index contributed by atoms with van der Waals surface area (Å²) in [4.78, 5) is 14.1. The van der Waals surface area contributed by atoms with E-state index in [1.54, 1.807) is 18.7 Å². The van der Waals surface area contributed by atoms with Crippen molar-refractivity contribution in [1.29, 1.82) is 0 Å². The molecule has 1 aliphatic heterocycles. The lowest BCUT2D eigenvalue weighted by Crippen LogP contribution is -2.52. The van der Waals surface area contributed by atoms with E-state index in [2.05, 4.69) is 4.72 Å². The number of hydrogen-bond acceptors (Lipinski definition) is 4. The molecule has 1 amide bonds. The van der Waals surface area contributed by atoms with Crippen molar-refractivity contribution in [2.24, 2.45) is 17.6 Å². The first kappa shape index (κ1) is 19.8. The van der Waals surface area contributed by atoms with Crippen LogP contribution in [0.3, 0.4) is 0 Å². The van der Waals surface area contributed by atoms with E-state index in [1.165, 1.54) is 18.2 Å². The standard InChI is InChI=1S/C17H26FN3O3S/c1-11(2)16(17(22)21-10-13(9-19)8-12(21)3)20-25(23,24)15-7-5-4-6-14(15)18/h4-7,11-13,16,20H,8-10,19H2,1-3H3. The lowest BCUT2D eigenvalue weighted by molar-refractivity contribution is -0.134. The molecule has 0 aromatic heterocycles. The summed E-state index contributed by atoms with van der Waals surface area (Å²) in [5.74, 6) is -1.20. The molecule has 0 bridgehead atoms. The highest BCUT2D eigenvalue weighted by molar-refractivity contribution is 7.89. The molecule has 0 spiro atoms. The Balaban J connectivity index is 2.24. The molecule has 25 heavy (non-hydrogen) atoms. The zero-order valence-corrected chi connectivity index (χ0v) is 15.6. The van der Waals surface area contributed by atoms with Gasteiger partial charge in [-0.25, -0.2) is 12.8 Å². The number of amides is 1. The second-order valence-corrected chi connectivity index (χ2v) is 8.63. The zero-order chi connectivity index (χ0) is 18.8. The Morgan fingerprint density at radius 3 is 2.56 bits per heavy atom. The Kier molecular flexibility index (Phi) is 6.18. The Morgan fingerprint density at radius 1 is 1.40 bits per heavy atom. The number of carbonyl (C=O) groups excluding carboxylic acids is 1. The van der Waals surface area contributed by atoms with E-state index in [-0.39, 0.29) is 23.8 Å². The fourth-order valence-corrected chi connectivity index (χ4v) is 4.58. The normalized spacial score (nSPS) is 22.4. The molecule has 0 aliphatic carbocycles. The molecule has 1 aromatic carbocycles. The molecule has 3 atom stereocenters. The molecule has 0 saturated carbocycles. The monoisotopic (exact) mass is 371 g/mol. The number of halogens is 1. The van der Waals surface area contributed by atoms with E-state index < -0.39 is 26.8 Å². The molecule has 6 nitrogen and oxygen atoms in total. The van der Waals surface area contributed by atoms with Crippen molar-refractivity contribution in [2.45, 2.75) is 44.2 Å². The summed E-state index contributed by atoms with van der Waals surface area (Å²) >= 11 is 0. The zero-order valence-electron chi connectivity index (χ0n) is 14.8. The molecule has 8 heteroatoms. The Labute approximate surface area is 148 Å². The van der Waals surface area contributed by atoms with Crippen LogP contribution in [0, 0.1) is 17.7 Å². The summed E-state index contributed by atoms with van der Waals surface area (Å²) in [6.07, 6.45) is 0.799. The van der Waals surface area contributed by atoms with Gasteiger partial charge in [0.15, 0.2) is 0 Å². The molecule has 1 aromatic rings. The van der Waals surface area contributed by atoms with Gasteiger partial charge in [-0.15, -0.1) is 0 Å². The highest BCUT2D eigenvalue weighted by Gasteiger charge is 2.38. The van der Waals surface area contributed by atoms with Gasteiger partial charge in [-0.1, -0.05) is 26.0 Å². The summed E-state index contributed by atoms with van der Waals surface area (Å²) in [5, 5.41) is 0. The van der Waals surface area contributed by atoms with Gasteiger partial charge in [0.05, 0.1) is 0 Å². The van der Waals surface area contributed by atoms with Gasteiger partial charge in [-0.2, -0.15) is 4.72 Å². The van der Waals surface area contributed by atoms with Gasteiger partial charge in [0.1, 0.15) is 16.8 Å². The minimum Gasteiger partial charge on any atom is -0.338 e. The van der Waals surface area contributed by atoms with Gasteiger partial charge in [0.25, 0.3) is 0 Å². The lowest BCUT2D eigenvalue weighted by atomic mass is 10.0. The maximum atomic E-state index is 13.9. The molecule has 0 radical (unpaired) electrons. The summed E-state index contributed by atoms with van der Waals surface area (Å²) in [5.41, 5.74) is 5.70. The average Bonchev–Trinajstić information content (AvgIpc) is 2.93. The minimum atomic E-state index is -4.14. The quantitative estimate of drug-likeness (QED) is 0.789. The fourth-order valence-electron chi connectivity index (χ4n) is 3.16. The van der Waals surface area contributed by atoms with Crippen LogP contribution in [0.15, 0.2) is 29.2 Å². The van der Waals surface area contributed by atoms with Crippen LogP contribution in [-0.2, 0) is 14.8 Å². The maximum Gasteiger partial charge on any atom is 0.244 e. The molecule has 1 heterocycles. The predicted octanol–water partition coefficient (Wildman–Crippen LogP) is 1.32. The maximum absolute atomic E-state index is 13.9. The Bertz CT molecular complexity index is 724. The lowest BCUT2D eigenvalue weighted by Gasteiger charge is -2.29. The van der Waals surface area contributed by atoms with E-state index in [4.69, 9.17) is 5.73 Å². The average molecular weight is 371 g/mol. The van der Waals surface area contributed by atoms with Crippen molar-refractivity contribution in [1.82, 2.24) is 9.62 Å². The van der Waals surface area contributed by atoms with Crippen molar-refractivity contribution in [2.75, 3.05) is 13.1 Å². The first-order chi connectivity index (χ1) is 11.7. The molecular formula is C17H26FN3O3S. The molecular weight excluding hydrogens is 345 g/mol. The van der Waals surface area contributed by atoms with Crippen molar-refractivity contribution in [3.8, 4) is 0 Å². The van der Waals surface area contributed by atoms with Gasteiger partial charge < -0.3 is 10.6 Å². The molecule has 140 valence electrons. The number of likely N-dealkylation sites (tertiary alicyclic amines) is 1. The van der Waals surface area contributed by atoms with Crippen LogP contribution in [0.4, 0.5) is 4.39 Å². The fraction of sp³-hybridized carbons (Fsp3) is 0.588. The second-order valence-electron chi connectivity index (χ2n) is 6.95. The summed E-state index contributed by atoms with van der Waals surface area (Å²) in [6, 6.07) is 4.16. The van der Waals surface area contributed by atoms with Crippen LogP contribution in [0.5, 0.6) is 0 Å². The van der Waals surface area contributed by atoms with Gasteiger partial charge in [0, 0.05) is 12.6 Å². The van der Waals surface area contributed by atoms with Crippen LogP contribution in [-0.4, -0.2) is 44.4 Å². The van der Waals surface area contributed by atoms with Crippen LogP contribution in [0.1, 0.15) is 27.2 Å². The van der Waals surface area contributed by atoms with E-state index >= 15 is 0 Å². The smallest absolute Gasteiger partial charge is 0.244 e. The molecule has 1 aliphatic rings. The van der Waals surface area contributed by atoms with E-state index in [0.717, 1.165) is 12.5 Å². The van der Waals surface area contributed by atoms with Crippen molar-refractivity contribution in [3.05, 3.63) is 30.1 Å². The Morgan fingerprint density at radius 2 is 2.04 bits per heavy atom. The first-order valence-corrected chi connectivity index (χ1v) is 9.93. The van der Waals surface area contributed by atoms with Gasteiger partial charge in [-0.3, -0.25) is 4.79 Å². The number of carbonyl (C=O) groups is 1. The van der Waals surface area contributed by atoms with Crippen LogP contribution in [0.25, 0.3) is 0 Å². The molecule has 2 rings (SSSR count). The second kappa shape index (κ2) is 7.80. The van der Waals surface area contributed by atoms with Crippen LogP contribution >= 0.6 is 0 Å². The number of nitrogens with zero attached hydrogens (tertiary/aromatic N) is 1. The number of nitrogens with two attached hydrogens (primary N) is 1. The number of rotatable bonds is 6.